The van der Waals surface area contributed by atoms with Crippen molar-refractivity contribution in [2.45, 2.75) is 45.1 Å². The van der Waals surface area contributed by atoms with E-state index >= 15 is 0 Å². The maximum Gasteiger partial charge on any atom is 0.0700 e. The number of rotatable bonds is 5. The normalized spacial score (nSPS) is 28.4. The van der Waals surface area contributed by atoms with Gasteiger partial charge in [0.05, 0.1) is 12.7 Å². The molecule has 2 heterocycles. The number of hydrogen-bond acceptors (Lipinski definition) is 3. The molecule has 0 spiro atoms. The van der Waals surface area contributed by atoms with Gasteiger partial charge in [0.1, 0.15) is 0 Å². The first-order chi connectivity index (χ1) is 8.38. The molecule has 3 heteroatoms. The molecule has 0 saturated carbocycles. The molecule has 0 aromatic rings. The van der Waals surface area contributed by atoms with Crippen LogP contribution in [0.25, 0.3) is 0 Å². The summed E-state index contributed by atoms with van der Waals surface area (Å²) in [5, 5.41) is 3.44. The Morgan fingerprint density at radius 3 is 2.88 bits per heavy atom. The molecule has 0 aromatic carbocycles. The predicted octanol–water partition coefficient (Wildman–Crippen LogP) is 1.88. The molecular formula is C14H28N2O. The van der Waals surface area contributed by atoms with E-state index in [2.05, 4.69) is 17.1 Å². The van der Waals surface area contributed by atoms with E-state index < -0.39 is 0 Å². The Kier molecular flexibility index (Phi) is 5.75. The first-order valence-corrected chi connectivity index (χ1v) is 7.43. The largest absolute Gasteiger partial charge is 0.376 e. The Bertz CT molecular complexity index is 204. The lowest BCUT2D eigenvalue weighted by molar-refractivity contribution is -0.0302. The second-order valence-electron chi connectivity index (χ2n) is 5.54. The van der Waals surface area contributed by atoms with E-state index in [9.17, 15) is 0 Å². The number of nitrogens with one attached hydrogen (secondary N) is 1. The second kappa shape index (κ2) is 7.34. The lowest BCUT2D eigenvalue weighted by Crippen LogP contribution is -2.42. The third-order valence-electron chi connectivity index (χ3n) is 4.22. The van der Waals surface area contributed by atoms with Crippen LogP contribution in [0.4, 0.5) is 0 Å². The minimum Gasteiger partial charge on any atom is -0.376 e. The Hall–Kier alpha value is -0.120. The Labute approximate surface area is 106 Å². The zero-order chi connectivity index (χ0) is 11.9. The van der Waals surface area contributed by atoms with Crippen LogP contribution in [-0.4, -0.2) is 50.3 Å². The summed E-state index contributed by atoms with van der Waals surface area (Å²) >= 11 is 0. The van der Waals surface area contributed by atoms with Crippen LogP contribution in [0.1, 0.15) is 39.0 Å². The van der Waals surface area contributed by atoms with Crippen molar-refractivity contribution >= 4 is 0 Å². The smallest absolute Gasteiger partial charge is 0.0700 e. The van der Waals surface area contributed by atoms with Crippen LogP contribution < -0.4 is 5.32 Å². The van der Waals surface area contributed by atoms with Crippen molar-refractivity contribution in [1.82, 2.24) is 10.2 Å². The number of nitrogens with zero attached hydrogens (tertiary/aromatic N) is 1. The fraction of sp³-hybridized carbons (Fsp3) is 1.00. The van der Waals surface area contributed by atoms with E-state index in [1.165, 1.54) is 45.3 Å². The molecule has 1 N–H and O–H groups in total. The lowest BCUT2D eigenvalue weighted by Gasteiger charge is -2.33. The van der Waals surface area contributed by atoms with E-state index in [1.807, 2.05) is 0 Å². The van der Waals surface area contributed by atoms with Gasteiger partial charge in [-0.3, -0.25) is 4.90 Å². The van der Waals surface area contributed by atoms with Gasteiger partial charge in [0.25, 0.3) is 0 Å². The van der Waals surface area contributed by atoms with E-state index in [0.717, 1.165) is 32.0 Å². The molecule has 100 valence electrons. The van der Waals surface area contributed by atoms with Gasteiger partial charge in [-0.1, -0.05) is 6.92 Å². The van der Waals surface area contributed by atoms with Crippen molar-refractivity contribution < 1.29 is 4.74 Å². The molecule has 3 nitrogen and oxygen atoms in total. The molecule has 2 fully saturated rings. The molecular weight excluding hydrogens is 212 g/mol. The summed E-state index contributed by atoms with van der Waals surface area (Å²) in [6.45, 7) is 9.21. The Morgan fingerprint density at radius 2 is 2.12 bits per heavy atom. The van der Waals surface area contributed by atoms with Crippen LogP contribution in [0, 0.1) is 5.92 Å². The highest BCUT2D eigenvalue weighted by molar-refractivity contribution is 4.72. The van der Waals surface area contributed by atoms with E-state index in [4.69, 9.17) is 4.74 Å². The third-order valence-corrected chi connectivity index (χ3v) is 4.22. The van der Waals surface area contributed by atoms with Gasteiger partial charge in [-0.2, -0.15) is 0 Å². The minimum absolute atomic E-state index is 0.489. The molecule has 1 atom stereocenters. The van der Waals surface area contributed by atoms with Gasteiger partial charge < -0.3 is 10.1 Å². The summed E-state index contributed by atoms with van der Waals surface area (Å²) in [5.74, 6) is 0.985. The summed E-state index contributed by atoms with van der Waals surface area (Å²) in [5.41, 5.74) is 0. The Morgan fingerprint density at radius 1 is 1.29 bits per heavy atom. The van der Waals surface area contributed by atoms with Crippen LogP contribution in [0.2, 0.25) is 0 Å². The molecule has 0 aromatic heterocycles. The monoisotopic (exact) mass is 240 g/mol. The summed E-state index contributed by atoms with van der Waals surface area (Å²) in [6, 6.07) is 0. The maximum absolute atomic E-state index is 5.70. The SMILES string of the molecule is CCC1CN(CCCC2CCNCC2)CCO1. The molecule has 0 bridgehead atoms. The van der Waals surface area contributed by atoms with Crippen LogP contribution in [0.5, 0.6) is 0 Å². The van der Waals surface area contributed by atoms with Crippen molar-refractivity contribution in [2.75, 3.05) is 39.3 Å². The lowest BCUT2D eigenvalue weighted by atomic mass is 9.93. The molecule has 2 aliphatic rings. The van der Waals surface area contributed by atoms with E-state index in [1.54, 1.807) is 0 Å². The third kappa shape index (κ3) is 4.57. The second-order valence-corrected chi connectivity index (χ2v) is 5.54. The van der Waals surface area contributed by atoms with Crippen molar-refractivity contribution in [3.63, 3.8) is 0 Å². The molecule has 0 amide bonds. The maximum atomic E-state index is 5.70. The summed E-state index contributed by atoms with van der Waals surface area (Å²) < 4.78 is 5.70. The first-order valence-electron chi connectivity index (χ1n) is 7.43. The van der Waals surface area contributed by atoms with Crippen molar-refractivity contribution in [3.8, 4) is 0 Å². The van der Waals surface area contributed by atoms with Crippen molar-refractivity contribution in [1.29, 1.82) is 0 Å². The van der Waals surface area contributed by atoms with Gasteiger partial charge in [-0.05, 0) is 57.7 Å². The fourth-order valence-corrected chi connectivity index (χ4v) is 3.00. The summed E-state index contributed by atoms with van der Waals surface area (Å²) in [6.07, 6.45) is 7.23. The van der Waals surface area contributed by atoms with Crippen LogP contribution in [-0.2, 0) is 4.74 Å². The zero-order valence-corrected chi connectivity index (χ0v) is 11.3. The van der Waals surface area contributed by atoms with E-state index in [-0.39, 0.29) is 0 Å². The van der Waals surface area contributed by atoms with Gasteiger partial charge in [0.15, 0.2) is 0 Å². The number of hydrogen-bond donors (Lipinski definition) is 1. The van der Waals surface area contributed by atoms with E-state index in [0.29, 0.717) is 6.10 Å². The van der Waals surface area contributed by atoms with Crippen LogP contribution in [0.15, 0.2) is 0 Å². The van der Waals surface area contributed by atoms with Gasteiger partial charge in [0.2, 0.25) is 0 Å². The van der Waals surface area contributed by atoms with Crippen molar-refractivity contribution in [2.24, 2.45) is 5.92 Å². The first kappa shape index (κ1) is 13.3. The Balaban J connectivity index is 1.57. The zero-order valence-electron chi connectivity index (χ0n) is 11.3. The highest BCUT2D eigenvalue weighted by Gasteiger charge is 2.19. The fourth-order valence-electron chi connectivity index (χ4n) is 3.00. The molecule has 2 rings (SSSR count). The quantitative estimate of drug-likeness (QED) is 0.794. The molecule has 1 unspecified atom stereocenters. The van der Waals surface area contributed by atoms with Gasteiger partial charge >= 0.3 is 0 Å². The highest BCUT2D eigenvalue weighted by atomic mass is 16.5. The highest BCUT2D eigenvalue weighted by Crippen LogP contribution is 2.18. The van der Waals surface area contributed by atoms with Gasteiger partial charge in [-0.25, -0.2) is 0 Å². The van der Waals surface area contributed by atoms with Crippen molar-refractivity contribution in [3.05, 3.63) is 0 Å². The topological polar surface area (TPSA) is 24.5 Å². The summed E-state index contributed by atoms with van der Waals surface area (Å²) in [7, 11) is 0. The number of piperidine rings is 1. The van der Waals surface area contributed by atoms with Gasteiger partial charge in [0, 0.05) is 13.1 Å². The predicted molar refractivity (Wildman–Crippen MR) is 71.3 cm³/mol. The standard InChI is InChI=1S/C14H28N2O/c1-2-14-12-16(10-11-17-14)9-3-4-13-5-7-15-8-6-13/h13-15H,2-12H2,1H3. The molecule has 17 heavy (non-hydrogen) atoms. The molecule has 0 aliphatic carbocycles. The van der Waals surface area contributed by atoms with Crippen LogP contribution in [0.3, 0.4) is 0 Å². The molecule has 0 radical (unpaired) electrons. The number of morpholine rings is 1. The summed E-state index contributed by atoms with van der Waals surface area (Å²) in [4.78, 5) is 2.60. The average Bonchev–Trinajstić information content (AvgIpc) is 2.40. The number of ether oxygens (including phenoxy) is 1. The minimum atomic E-state index is 0.489. The van der Waals surface area contributed by atoms with Crippen LogP contribution >= 0.6 is 0 Å². The molecule has 2 aliphatic heterocycles. The van der Waals surface area contributed by atoms with Gasteiger partial charge in [-0.15, -0.1) is 0 Å². The molecule has 2 saturated heterocycles. The average molecular weight is 240 g/mol.